The molecule has 0 spiro atoms. The van der Waals surface area contributed by atoms with E-state index < -0.39 is 0 Å². The molecule has 0 aromatic carbocycles. The van der Waals surface area contributed by atoms with Crippen LogP contribution in [0.4, 0.5) is 0 Å². The highest BCUT2D eigenvalue weighted by atomic mass is 35.5. The highest BCUT2D eigenvalue weighted by molar-refractivity contribution is 7.09. The number of hydrogen-bond acceptors (Lipinski definition) is 4. The van der Waals surface area contributed by atoms with Crippen molar-refractivity contribution in [2.75, 3.05) is 0 Å². The van der Waals surface area contributed by atoms with E-state index in [0.29, 0.717) is 10.8 Å². The van der Waals surface area contributed by atoms with Crippen molar-refractivity contribution in [2.45, 2.75) is 6.92 Å². The number of rotatable bonds is 1. The van der Waals surface area contributed by atoms with Crippen LogP contribution in [0.3, 0.4) is 0 Å². The van der Waals surface area contributed by atoms with Crippen LogP contribution in [0.5, 0.6) is 0 Å². The molecule has 0 amide bonds. The van der Waals surface area contributed by atoms with Gasteiger partial charge in [-0.1, -0.05) is 11.6 Å². The van der Waals surface area contributed by atoms with Crippen LogP contribution in [-0.4, -0.2) is 15.0 Å². The quantitative estimate of drug-likeness (QED) is 0.728. The largest absolute Gasteiger partial charge is 0.250 e. The molecule has 2 heterocycles. The van der Waals surface area contributed by atoms with Crippen LogP contribution < -0.4 is 0 Å². The van der Waals surface area contributed by atoms with Gasteiger partial charge < -0.3 is 0 Å². The molecule has 0 radical (unpaired) electrons. The molecule has 0 bridgehead atoms. The summed E-state index contributed by atoms with van der Waals surface area (Å²) < 4.78 is 0. The molecule has 3 nitrogen and oxygen atoms in total. The smallest absolute Gasteiger partial charge is 0.156 e. The molecular formula is C8H6ClN3S. The number of aryl methyl sites for hydroxylation is 1. The molecule has 13 heavy (non-hydrogen) atoms. The first-order chi connectivity index (χ1) is 6.27. The second-order valence-electron chi connectivity index (χ2n) is 2.45. The Kier molecular flexibility index (Phi) is 2.24. The molecule has 0 aliphatic heterocycles. The SMILES string of the molecule is Cc1nc(-c2nccnc2Cl)cs1. The minimum Gasteiger partial charge on any atom is -0.250 e. The summed E-state index contributed by atoms with van der Waals surface area (Å²) in [7, 11) is 0. The third-order valence-corrected chi connectivity index (χ3v) is 2.57. The summed E-state index contributed by atoms with van der Waals surface area (Å²) >= 11 is 7.43. The van der Waals surface area contributed by atoms with Crippen molar-refractivity contribution in [3.8, 4) is 11.4 Å². The van der Waals surface area contributed by atoms with Crippen molar-refractivity contribution in [1.29, 1.82) is 0 Å². The van der Waals surface area contributed by atoms with Crippen LogP contribution in [0.1, 0.15) is 5.01 Å². The normalized spacial score (nSPS) is 10.3. The van der Waals surface area contributed by atoms with E-state index in [9.17, 15) is 0 Å². The third-order valence-electron chi connectivity index (χ3n) is 1.52. The lowest BCUT2D eigenvalue weighted by Gasteiger charge is -1.95. The minimum absolute atomic E-state index is 0.396. The molecule has 2 aromatic heterocycles. The van der Waals surface area contributed by atoms with Gasteiger partial charge in [-0.25, -0.2) is 15.0 Å². The molecule has 0 atom stereocenters. The molecular weight excluding hydrogens is 206 g/mol. The van der Waals surface area contributed by atoms with Gasteiger partial charge in [-0.2, -0.15) is 0 Å². The van der Waals surface area contributed by atoms with Crippen LogP contribution in [0, 0.1) is 6.92 Å². The van der Waals surface area contributed by atoms with E-state index in [4.69, 9.17) is 11.6 Å². The summed E-state index contributed by atoms with van der Waals surface area (Å²) in [5.74, 6) is 0. The predicted molar refractivity (Wildman–Crippen MR) is 52.9 cm³/mol. The van der Waals surface area contributed by atoms with E-state index in [1.54, 1.807) is 23.7 Å². The van der Waals surface area contributed by atoms with Crippen LogP contribution in [0.15, 0.2) is 17.8 Å². The zero-order chi connectivity index (χ0) is 9.26. The molecule has 0 saturated carbocycles. The number of nitrogens with zero attached hydrogens (tertiary/aromatic N) is 3. The van der Waals surface area contributed by atoms with E-state index in [0.717, 1.165) is 10.7 Å². The fourth-order valence-electron chi connectivity index (χ4n) is 0.965. The van der Waals surface area contributed by atoms with Crippen LogP contribution in [-0.2, 0) is 0 Å². The second kappa shape index (κ2) is 3.40. The zero-order valence-electron chi connectivity index (χ0n) is 6.86. The number of hydrogen-bond donors (Lipinski definition) is 0. The summed E-state index contributed by atoms with van der Waals surface area (Å²) in [6.45, 7) is 1.94. The first-order valence-corrected chi connectivity index (χ1v) is 4.92. The molecule has 0 fully saturated rings. The van der Waals surface area contributed by atoms with E-state index in [-0.39, 0.29) is 0 Å². The standard InChI is InChI=1S/C8H6ClN3S/c1-5-12-6(4-13-5)7-8(9)11-3-2-10-7/h2-4H,1H3. The Morgan fingerprint density at radius 3 is 2.69 bits per heavy atom. The summed E-state index contributed by atoms with van der Waals surface area (Å²) in [4.78, 5) is 12.3. The number of thiazole rings is 1. The van der Waals surface area contributed by atoms with Crippen LogP contribution in [0.2, 0.25) is 5.15 Å². The molecule has 0 unspecified atom stereocenters. The lowest BCUT2D eigenvalue weighted by molar-refractivity contribution is 1.18. The summed E-state index contributed by atoms with van der Waals surface area (Å²) in [6.07, 6.45) is 3.17. The van der Waals surface area contributed by atoms with Crippen LogP contribution >= 0.6 is 22.9 Å². The summed E-state index contributed by atoms with van der Waals surface area (Å²) in [5.41, 5.74) is 1.44. The van der Waals surface area contributed by atoms with Gasteiger partial charge in [0.25, 0.3) is 0 Å². The Hall–Kier alpha value is -1.000. The highest BCUT2D eigenvalue weighted by Gasteiger charge is 2.07. The summed E-state index contributed by atoms with van der Waals surface area (Å²) in [5, 5.41) is 3.31. The molecule has 0 aliphatic carbocycles. The molecule has 2 aromatic rings. The zero-order valence-corrected chi connectivity index (χ0v) is 8.43. The lowest BCUT2D eigenvalue weighted by atomic mass is 10.3. The van der Waals surface area contributed by atoms with E-state index >= 15 is 0 Å². The molecule has 2 rings (SSSR count). The maximum Gasteiger partial charge on any atom is 0.156 e. The Balaban J connectivity index is 2.52. The van der Waals surface area contributed by atoms with Gasteiger partial charge in [-0.3, -0.25) is 0 Å². The molecule has 0 saturated heterocycles. The third kappa shape index (κ3) is 1.68. The maximum atomic E-state index is 5.86. The van der Waals surface area contributed by atoms with Crippen molar-refractivity contribution < 1.29 is 0 Å². The van der Waals surface area contributed by atoms with Gasteiger partial charge in [0.1, 0.15) is 11.4 Å². The molecule has 0 aliphatic rings. The van der Waals surface area contributed by atoms with E-state index in [2.05, 4.69) is 15.0 Å². The van der Waals surface area contributed by atoms with Crippen molar-refractivity contribution >= 4 is 22.9 Å². The van der Waals surface area contributed by atoms with Gasteiger partial charge in [-0.05, 0) is 6.92 Å². The van der Waals surface area contributed by atoms with Crippen molar-refractivity contribution in [1.82, 2.24) is 15.0 Å². The van der Waals surface area contributed by atoms with Gasteiger partial charge in [-0.15, -0.1) is 11.3 Å². The first-order valence-electron chi connectivity index (χ1n) is 3.66. The topological polar surface area (TPSA) is 38.7 Å². The van der Waals surface area contributed by atoms with Gasteiger partial charge >= 0.3 is 0 Å². The first kappa shape index (κ1) is 8.59. The van der Waals surface area contributed by atoms with Crippen LogP contribution in [0.25, 0.3) is 11.4 Å². The molecule has 5 heteroatoms. The Morgan fingerprint density at radius 1 is 1.31 bits per heavy atom. The molecule has 66 valence electrons. The summed E-state index contributed by atoms with van der Waals surface area (Å²) in [6, 6.07) is 0. The Bertz CT molecular complexity index is 427. The fourth-order valence-corrected chi connectivity index (χ4v) is 1.76. The molecule has 0 N–H and O–H groups in total. The Labute approximate surface area is 84.5 Å². The average molecular weight is 212 g/mol. The monoisotopic (exact) mass is 211 g/mol. The van der Waals surface area contributed by atoms with Crippen molar-refractivity contribution in [3.63, 3.8) is 0 Å². The van der Waals surface area contributed by atoms with Crippen molar-refractivity contribution in [3.05, 3.63) is 27.9 Å². The number of halogens is 1. The fraction of sp³-hybridized carbons (Fsp3) is 0.125. The van der Waals surface area contributed by atoms with E-state index in [1.807, 2.05) is 12.3 Å². The minimum atomic E-state index is 0.396. The second-order valence-corrected chi connectivity index (χ2v) is 3.87. The number of aromatic nitrogens is 3. The van der Waals surface area contributed by atoms with E-state index in [1.165, 1.54) is 0 Å². The van der Waals surface area contributed by atoms with Gasteiger partial charge in [0.2, 0.25) is 0 Å². The highest BCUT2D eigenvalue weighted by Crippen LogP contribution is 2.24. The average Bonchev–Trinajstić information content (AvgIpc) is 2.53. The van der Waals surface area contributed by atoms with Gasteiger partial charge in [0.15, 0.2) is 5.15 Å². The maximum absolute atomic E-state index is 5.86. The lowest BCUT2D eigenvalue weighted by Crippen LogP contribution is -1.87. The Morgan fingerprint density at radius 2 is 2.08 bits per heavy atom. The predicted octanol–water partition coefficient (Wildman–Crippen LogP) is 2.56. The van der Waals surface area contributed by atoms with Gasteiger partial charge in [0, 0.05) is 17.8 Å². The van der Waals surface area contributed by atoms with Gasteiger partial charge in [0.05, 0.1) is 5.01 Å². The van der Waals surface area contributed by atoms with Crippen molar-refractivity contribution in [2.24, 2.45) is 0 Å².